The van der Waals surface area contributed by atoms with Crippen molar-refractivity contribution in [3.8, 4) is 0 Å². The summed E-state index contributed by atoms with van der Waals surface area (Å²) in [4.78, 5) is 11.7. The third-order valence-electron chi connectivity index (χ3n) is 2.79. The summed E-state index contributed by atoms with van der Waals surface area (Å²) in [5.41, 5.74) is 7.57. The predicted molar refractivity (Wildman–Crippen MR) is 73.5 cm³/mol. The van der Waals surface area contributed by atoms with Crippen LogP contribution in [0.5, 0.6) is 0 Å². The van der Waals surface area contributed by atoms with Crippen LogP contribution in [0.3, 0.4) is 0 Å². The molecule has 1 atom stereocenters. The van der Waals surface area contributed by atoms with Gasteiger partial charge in [0, 0.05) is 19.3 Å². The van der Waals surface area contributed by atoms with Crippen LogP contribution < -0.4 is 11.1 Å². The highest BCUT2D eigenvalue weighted by molar-refractivity contribution is 5.91. The molecule has 0 radical (unpaired) electrons. The average Bonchev–Trinajstić information content (AvgIpc) is 2.38. The normalized spacial score (nSPS) is 12.2. The van der Waals surface area contributed by atoms with Crippen molar-refractivity contribution < 1.29 is 9.53 Å². The number of nitrogens with one attached hydrogen (secondary N) is 1. The zero-order chi connectivity index (χ0) is 13.4. The van der Waals surface area contributed by atoms with E-state index in [9.17, 15) is 4.79 Å². The van der Waals surface area contributed by atoms with Crippen LogP contribution in [0.2, 0.25) is 0 Å². The number of nitrogens with two attached hydrogens (primary N) is 1. The topological polar surface area (TPSA) is 64.4 Å². The first-order valence-corrected chi connectivity index (χ1v) is 6.31. The summed E-state index contributed by atoms with van der Waals surface area (Å²) < 4.78 is 5.07. The van der Waals surface area contributed by atoms with Gasteiger partial charge in [0.25, 0.3) is 0 Å². The van der Waals surface area contributed by atoms with Crippen molar-refractivity contribution in [3.63, 3.8) is 0 Å². The highest BCUT2D eigenvalue weighted by atomic mass is 16.5. The molecule has 0 fully saturated rings. The lowest BCUT2D eigenvalue weighted by molar-refractivity contribution is -0.118. The lowest BCUT2D eigenvalue weighted by Crippen LogP contribution is -2.28. The Balaban J connectivity index is 2.48. The number of anilines is 1. The Kier molecular flexibility index (Phi) is 6.39. The van der Waals surface area contributed by atoms with Crippen LogP contribution in [0.4, 0.5) is 5.69 Å². The Bertz CT molecular complexity index is 359. The van der Waals surface area contributed by atoms with Gasteiger partial charge in [0.2, 0.25) is 5.91 Å². The van der Waals surface area contributed by atoms with Crippen molar-refractivity contribution in [2.24, 2.45) is 5.73 Å². The maximum atomic E-state index is 11.7. The number of rotatable bonds is 7. The van der Waals surface area contributed by atoms with E-state index in [2.05, 4.69) is 12.2 Å². The van der Waals surface area contributed by atoms with Gasteiger partial charge in [0.1, 0.15) is 0 Å². The van der Waals surface area contributed by atoms with Gasteiger partial charge in [-0.1, -0.05) is 25.5 Å². The molecule has 0 aliphatic carbocycles. The van der Waals surface area contributed by atoms with E-state index in [0.717, 1.165) is 18.5 Å². The minimum atomic E-state index is -0.218. The predicted octanol–water partition coefficient (Wildman–Crippen LogP) is 1.94. The summed E-state index contributed by atoms with van der Waals surface area (Å²) in [6.07, 6.45) is 2.25. The number of hydrogen-bond acceptors (Lipinski definition) is 3. The number of aryl methyl sites for hydroxylation is 1. The summed E-state index contributed by atoms with van der Waals surface area (Å²) in [5, 5.41) is 2.84. The van der Waals surface area contributed by atoms with Gasteiger partial charge in [0.15, 0.2) is 0 Å². The van der Waals surface area contributed by atoms with Crippen LogP contribution in [0.25, 0.3) is 0 Å². The maximum absolute atomic E-state index is 11.7. The van der Waals surface area contributed by atoms with Crippen molar-refractivity contribution >= 4 is 11.6 Å². The molecule has 1 aromatic carbocycles. The smallest absolute Gasteiger partial charge is 0.227 e. The second kappa shape index (κ2) is 7.84. The molecule has 1 aromatic rings. The van der Waals surface area contributed by atoms with Gasteiger partial charge in [-0.3, -0.25) is 4.79 Å². The van der Waals surface area contributed by atoms with Crippen LogP contribution in [0, 0.1) is 0 Å². The van der Waals surface area contributed by atoms with E-state index >= 15 is 0 Å². The maximum Gasteiger partial charge on any atom is 0.227 e. The Morgan fingerprint density at radius 1 is 1.39 bits per heavy atom. The van der Waals surface area contributed by atoms with Crippen molar-refractivity contribution in [1.82, 2.24) is 0 Å². The number of ether oxygens (including phenoxy) is 1. The van der Waals surface area contributed by atoms with Crippen molar-refractivity contribution in [1.29, 1.82) is 0 Å². The van der Waals surface area contributed by atoms with Crippen LogP contribution in [-0.2, 0) is 16.0 Å². The Morgan fingerprint density at radius 2 is 2.06 bits per heavy atom. The number of amides is 1. The number of hydrogen-bond donors (Lipinski definition) is 2. The Morgan fingerprint density at radius 3 is 2.56 bits per heavy atom. The fraction of sp³-hybridized carbons (Fsp3) is 0.500. The molecule has 18 heavy (non-hydrogen) atoms. The third-order valence-corrected chi connectivity index (χ3v) is 2.79. The molecule has 1 amide bonds. The molecule has 0 aliphatic rings. The number of benzene rings is 1. The molecule has 0 aromatic heterocycles. The van der Waals surface area contributed by atoms with E-state index in [4.69, 9.17) is 10.5 Å². The van der Waals surface area contributed by atoms with Gasteiger partial charge in [-0.2, -0.15) is 0 Å². The molecule has 1 rings (SSSR count). The molecule has 0 spiro atoms. The summed E-state index contributed by atoms with van der Waals surface area (Å²) in [6.45, 7) is 2.49. The number of carbonyl (C=O) groups excluding carboxylic acids is 1. The van der Waals surface area contributed by atoms with Crippen LogP contribution in [0.15, 0.2) is 24.3 Å². The SMILES string of the molecule is CCCc1ccc(NC(=O)CC(CN)OC)cc1. The van der Waals surface area contributed by atoms with Gasteiger partial charge >= 0.3 is 0 Å². The molecule has 0 aliphatic heterocycles. The van der Waals surface area contributed by atoms with E-state index in [1.54, 1.807) is 7.11 Å². The highest BCUT2D eigenvalue weighted by Gasteiger charge is 2.11. The van der Waals surface area contributed by atoms with Crippen LogP contribution >= 0.6 is 0 Å². The summed E-state index contributed by atoms with van der Waals surface area (Å²) in [6, 6.07) is 7.92. The van der Waals surface area contributed by atoms with Gasteiger partial charge in [-0.15, -0.1) is 0 Å². The Hall–Kier alpha value is -1.39. The molecule has 4 heteroatoms. The molecule has 0 saturated heterocycles. The number of methoxy groups -OCH3 is 1. The summed E-state index contributed by atoms with van der Waals surface area (Å²) >= 11 is 0. The standard InChI is InChI=1S/C14H22N2O2/c1-3-4-11-5-7-12(8-6-11)16-14(17)9-13(10-15)18-2/h5-8,13H,3-4,9-10,15H2,1-2H3,(H,16,17). The summed E-state index contributed by atoms with van der Waals surface area (Å²) in [7, 11) is 1.56. The first-order valence-electron chi connectivity index (χ1n) is 6.31. The third kappa shape index (κ3) is 4.85. The van der Waals surface area contributed by atoms with Crippen LogP contribution in [0.1, 0.15) is 25.3 Å². The lowest BCUT2D eigenvalue weighted by atomic mass is 10.1. The van der Waals surface area contributed by atoms with E-state index < -0.39 is 0 Å². The minimum absolute atomic E-state index is 0.0736. The molecule has 100 valence electrons. The van der Waals surface area contributed by atoms with Gasteiger partial charge in [-0.25, -0.2) is 0 Å². The first kappa shape index (κ1) is 14.7. The van der Waals surface area contributed by atoms with E-state index in [0.29, 0.717) is 6.54 Å². The second-order valence-electron chi connectivity index (χ2n) is 4.29. The van der Waals surface area contributed by atoms with E-state index in [-0.39, 0.29) is 18.4 Å². The Labute approximate surface area is 109 Å². The highest BCUT2D eigenvalue weighted by Crippen LogP contribution is 2.11. The van der Waals surface area contributed by atoms with Crippen LogP contribution in [-0.4, -0.2) is 25.7 Å². The molecule has 0 bridgehead atoms. The van der Waals surface area contributed by atoms with Gasteiger partial charge in [0.05, 0.1) is 12.5 Å². The lowest BCUT2D eigenvalue weighted by Gasteiger charge is -2.12. The fourth-order valence-electron chi connectivity index (χ4n) is 1.73. The molecule has 3 N–H and O–H groups in total. The monoisotopic (exact) mass is 250 g/mol. The van der Waals surface area contributed by atoms with E-state index in [1.807, 2.05) is 24.3 Å². The molecular formula is C14H22N2O2. The largest absolute Gasteiger partial charge is 0.380 e. The number of carbonyl (C=O) groups is 1. The first-order chi connectivity index (χ1) is 8.69. The van der Waals surface area contributed by atoms with Gasteiger partial charge < -0.3 is 15.8 Å². The molecule has 0 heterocycles. The molecule has 0 saturated carbocycles. The molecule has 1 unspecified atom stereocenters. The van der Waals surface area contributed by atoms with E-state index in [1.165, 1.54) is 5.56 Å². The fourth-order valence-corrected chi connectivity index (χ4v) is 1.73. The summed E-state index contributed by atoms with van der Waals surface area (Å²) in [5.74, 6) is -0.0736. The van der Waals surface area contributed by atoms with Crippen molar-refractivity contribution in [2.75, 3.05) is 19.0 Å². The molecular weight excluding hydrogens is 228 g/mol. The van der Waals surface area contributed by atoms with Gasteiger partial charge in [-0.05, 0) is 24.1 Å². The zero-order valence-electron chi connectivity index (χ0n) is 11.1. The average molecular weight is 250 g/mol. The van der Waals surface area contributed by atoms with Crippen molar-refractivity contribution in [3.05, 3.63) is 29.8 Å². The molecule has 4 nitrogen and oxygen atoms in total. The quantitative estimate of drug-likeness (QED) is 0.777. The van der Waals surface area contributed by atoms with Crippen molar-refractivity contribution in [2.45, 2.75) is 32.3 Å². The second-order valence-corrected chi connectivity index (χ2v) is 4.29. The minimum Gasteiger partial charge on any atom is -0.380 e. The zero-order valence-corrected chi connectivity index (χ0v) is 11.1.